The first-order chi connectivity index (χ1) is 13.2. The van der Waals surface area contributed by atoms with Gasteiger partial charge in [-0.1, -0.05) is 17.3 Å². The lowest BCUT2D eigenvalue weighted by atomic mass is 10.00. The normalized spacial score (nSPS) is 14.4. The Morgan fingerprint density at radius 3 is 2.48 bits per heavy atom. The van der Waals surface area contributed by atoms with Crippen molar-refractivity contribution in [2.75, 3.05) is 5.32 Å². The molecule has 0 saturated carbocycles. The number of benzene rings is 1. The lowest BCUT2D eigenvalue weighted by molar-refractivity contribution is -0.255. The van der Waals surface area contributed by atoms with Gasteiger partial charge in [0.1, 0.15) is 5.60 Å². The SMILES string of the molecule is Cc1ccc(-c2noc(CCC(C)(O)C(F)(F)F)n2)cc1NC(=O)OC(C)(C)C. The molecule has 1 aromatic carbocycles. The molecule has 2 rings (SSSR count). The Bertz CT molecular complexity index is 870. The Balaban J connectivity index is 2.13. The van der Waals surface area contributed by atoms with Crippen molar-refractivity contribution in [1.29, 1.82) is 0 Å². The van der Waals surface area contributed by atoms with Crippen molar-refractivity contribution < 1.29 is 32.3 Å². The molecule has 1 unspecified atom stereocenters. The van der Waals surface area contributed by atoms with Gasteiger partial charge in [0, 0.05) is 17.7 Å². The van der Waals surface area contributed by atoms with Gasteiger partial charge in [-0.05, 0) is 52.7 Å². The number of hydrogen-bond acceptors (Lipinski definition) is 6. The van der Waals surface area contributed by atoms with Gasteiger partial charge < -0.3 is 14.4 Å². The van der Waals surface area contributed by atoms with Gasteiger partial charge in [-0.15, -0.1) is 0 Å². The summed E-state index contributed by atoms with van der Waals surface area (Å²) in [6.45, 7) is 7.71. The molecule has 7 nitrogen and oxygen atoms in total. The van der Waals surface area contributed by atoms with Crippen LogP contribution in [0, 0.1) is 6.92 Å². The molecule has 29 heavy (non-hydrogen) atoms. The maximum Gasteiger partial charge on any atom is 0.416 e. The van der Waals surface area contributed by atoms with Gasteiger partial charge in [-0.2, -0.15) is 18.2 Å². The predicted molar refractivity (Wildman–Crippen MR) is 99.3 cm³/mol. The van der Waals surface area contributed by atoms with E-state index in [0.717, 1.165) is 5.56 Å². The van der Waals surface area contributed by atoms with E-state index in [-0.39, 0.29) is 18.1 Å². The van der Waals surface area contributed by atoms with Gasteiger partial charge in [-0.3, -0.25) is 5.32 Å². The Morgan fingerprint density at radius 2 is 1.90 bits per heavy atom. The van der Waals surface area contributed by atoms with Crippen LogP contribution in [-0.4, -0.2) is 38.7 Å². The summed E-state index contributed by atoms with van der Waals surface area (Å²) in [7, 11) is 0. The van der Waals surface area contributed by atoms with E-state index in [0.29, 0.717) is 18.2 Å². The van der Waals surface area contributed by atoms with E-state index in [1.165, 1.54) is 0 Å². The molecule has 0 aliphatic carbocycles. The van der Waals surface area contributed by atoms with Crippen LogP contribution in [0.25, 0.3) is 11.4 Å². The molecule has 2 N–H and O–H groups in total. The van der Waals surface area contributed by atoms with Crippen molar-refractivity contribution >= 4 is 11.8 Å². The molecule has 0 spiro atoms. The number of nitrogens with one attached hydrogen (secondary N) is 1. The second-order valence-electron chi connectivity index (χ2n) is 7.94. The Kier molecular flexibility index (Phi) is 6.27. The number of aliphatic hydroxyl groups is 1. The van der Waals surface area contributed by atoms with Crippen molar-refractivity contribution in [3.8, 4) is 11.4 Å². The zero-order valence-corrected chi connectivity index (χ0v) is 16.8. The molecule has 1 atom stereocenters. The number of alkyl halides is 3. The molecule has 2 aromatic rings. The third kappa shape index (κ3) is 6.18. The van der Waals surface area contributed by atoms with E-state index in [2.05, 4.69) is 15.5 Å². The number of rotatable bonds is 5. The molecule has 0 saturated heterocycles. The number of carbonyl (C=O) groups excluding carboxylic acids is 1. The minimum absolute atomic E-state index is 0.0354. The molecule has 0 radical (unpaired) electrons. The summed E-state index contributed by atoms with van der Waals surface area (Å²) >= 11 is 0. The van der Waals surface area contributed by atoms with E-state index in [9.17, 15) is 23.1 Å². The number of amides is 1. The van der Waals surface area contributed by atoms with Crippen LogP contribution in [0.5, 0.6) is 0 Å². The maximum absolute atomic E-state index is 12.7. The third-order valence-electron chi connectivity index (χ3n) is 4.04. The summed E-state index contributed by atoms with van der Waals surface area (Å²) in [4.78, 5) is 16.1. The van der Waals surface area contributed by atoms with Crippen molar-refractivity contribution in [3.63, 3.8) is 0 Å². The number of ether oxygens (including phenoxy) is 1. The van der Waals surface area contributed by atoms with Crippen molar-refractivity contribution in [3.05, 3.63) is 29.7 Å². The number of anilines is 1. The quantitative estimate of drug-likeness (QED) is 0.739. The second kappa shape index (κ2) is 8.02. The Labute approximate surface area is 166 Å². The third-order valence-corrected chi connectivity index (χ3v) is 4.04. The highest BCUT2D eigenvalue weighted by Crippen LogP contribution is 2.33. The smallest absolute Gasteiger partial charge is 0.416 e. The topological polar surface area (TPSA) is 97.5 Å². The van der Waals surface area contributed by atoms with Gasteiger partial charge in [-0.25, -0.2) is 4.79 Å². The lowest BCUT2D eigenvalue weighted by Crippen LogP contribution is -2.42. The summed E-state index contributed by atoms with van der Waals surface area (Å²) in [5.41, 5.74) is -1.77. The van der Waals surface area contributed by atoms with Crippen LogP contribution in [0.15, 0.2) is 22.7 Å². The molecule has 0 aliphatic rings. The van der Waals surface area contributed by atoms with Gasteiger partial charge >= 0.3 is 12.3 Å². The molecule has 1 aromatic heterocycles. The standard InChI is InChI=1S/C19H24F3N3O4/c1-11-6-7-12(10-13(11)23-16(26)28-17(2,3)4)15-24-14(29-25-15)8-9-18(5,27)19(20,21)22/h6-7,10,27H,8-9H2,1-5H3,(H,23,26). The molecule has 0 aliphatic heterocycles. The van der Waals surface area contributed by atoms with Crippen molar-refractivity contribution in [2.24, 2.45) is 0 Å². The molecular formula is C19H24F3N3O4. The number of aromatic nitrogens is 2. The summed E-state index contributed by atoms with van der Waals surface area (Å²) in [6, 6.07) is 5.03. The number of nitrogens with zero attached hydrogens (tertiary/aromatic N) is 2. The number of aryl methyl sites for hydroxylation is 2. The van der Waals surface area contributed by atoms with E-state index in [4.69, 9.17) is 9.26 Å². The first kappa shape index (κ1) is 22.7. The predicted octanol–water partition coefficient (Wildman–Crippen LogP) is 4.64. The lowest BCUT2D eigenvalue weighted by Gasteiger charge is -2.25. The fourth-order valence-corrected chi connectivity index (χ4v) is 2.28. The number of halogens is 3. The summed E-state index contributed by atoms with van der Waals surface area (Å²) in [5, 5.41) is 15.9. The zero-order chi connectivity index (χ0) is 22.0. The van der Waals surface area contributed by atoms with Crippen LogP contribution in [0.2, 0.25) is 0 Å². The van der Waals surface area contributed by atoms with E-state index < -0.39 is 29.9 Å². The van der Waals surface area contributed by atoms with Crippen molar-refractivity contribution in [2.45, 2.75) is 64.8 Å². The Hall–Kier alpha value is -2.62. The minimum Gasteiger partial charge on any atom is -0.444 e. The zero-order valence-electron chi connectivity index (χ0n) is 16.8. The van der Waals surface area contributed by atoms with Crippen LogP contribution in [-0.2, 0) is 11.2 Å². The monoisotopic (exact) mass is 415 g/mol. The first-order valence-electron chi connectivity index (χ1n) is 8.91. The van der Waals surface area contributed by atoms with Gasteiger partial charge in [0.25, 0.3) is 0 Å². The van der Waals surface area contributed by atoms with Crippen LogP contribution in [0.1, 0.15) is 45.6 Å². The summed E-state index contributed by atoms with van der Waals surface area (Å²) in [5.74, 6) is 0.116. The molecule has 0 fully saturated rings. The molecule has 10 heteroatoms. The fourth-order valence-electron chi connectivity index (χ4n) is 2.28. The largest absolute Gasteiger partial charge is 0.444 e. The highest BCUT2D eigenvalue weighted by Gasteiger charge is 2.49. The fraction of sp³-hybridized carbons (Fsp3) is 0.526. The van der Waals surface area contributed by atoms with Crippen LogP contribution in [0.3, 0.4) is 0 Å². The molecule has 160 valence electrons. The van der Waals surface area contributed by atoms with Gasteiger partial charge in [0.2, 0.25) is 11.7 Å². The van der Waals surface area contributed by atoms with Crippen LogP contribution >= 0.6 is 0 Å². The molecule has 1 heterocycles. The Morgan fingerprint density at radius 1 is 1.24 bits per heavy atom. The number of carbonyl (C=O) groups is 1. The summed E-state index contributed by atoms with van der Waals surface area (Å²) < 4.78 is 48.4. The molecule has 0 bridgehead atoms. The minimum atomic E-state index is -4.75. The van der Waals surface area contributed by atoms with Crippen LogP contribution < -0.4 is 5.32 Å². The van der Waals surface area contributed by atoms with E-state index in [1.54, 1.807) is 45.9 Å². The van der Waals surface area contributed by atoms with Gasteiger partial charge in [0.05, 0.1) is 0 Å². The second-order valence-corrected chi connectivity index (χ2v) is 7.94. The molecular weight excluding hydrogens is 391 g/mol. The first-order valence-corrected chi connectivity index (χ1v) is 8.91. The van der Waals surface area contributed by atoms with Crippen LogP contribution in [0.4, 0.5) is 23.7 Å². The van der Waals surface area contributed by atoms with Gasteiger partial charge in [0.15, 0.2) is 5.60 Å². The van der Waals surface area contributed by atoms with E-state index >= 15 is 0 Å². The average Bonchev–Trinajstić information content (AvgIpc) is 3.01. The highest BCUT2D eigenvalue weighted by atomic mass is 19.4. The maximum atomic E-state index is 12.7. The van der Waals surface area contributed by atoms with E-state index in [1.807, 2.05) is 0 Å². The molecule has 1 amide bonds. The van der Waals surface area contributed by atoms with Crippen molar-refractivity contribution in [1.82, 2.24) is 10.1 Å². The average molecular weight is 415 g/mol. The highest BCUT2D eigenvalue weighted by molar-refractivity contribution is 5.87. The summed E-state index contributed by atoms with van der Waals surface area (Å²) in [6.07, 6.45) is -6.23. The number of hydrogen-bond donors (Lipinski definition) is 2.